The van der Waals surface area contributed by atoms with Crippen molar-refractivity contribution in [1.82, 2.24) is 19.5 Å². The number of carbonyl (C=O) groups is 1. The molecule has 0 fully saturated rings. The highest BCUT2D eigenvalue weighted by Crippen LogP contribution is 2.27. The van der Waals surface area contributed by atoms with Crippen molar-refractivity contribution in [2.24, 2.45) is 0 Å². The van der Waals surface area contributed by atoms with E-state index in [2.05, 4.69) is 15.2 Å². The summed E-state index contributed by atoms with van der Waals surface area (Å²) in [6, 6.07) is 7.83. The van der Waals surface area contributed by atoms with E-state index < -0.39 is 22.0 Å². The van der Waals surface area contributed by atoms with E-state index in [9.17, 15) is 18.3 Å². The molecule has 1 atom stereocenters. The van der Waals surface area contributed by atoms with Crippen molar-refractivity contribution >= 4 is 26.9 Å². The molecule has 0 radical (unpaired) electrons. The van der Waals surface area contributed by atoms with Crippen molar-refractivity contribution in [3.8, 4) is 0 Å². The molecule has 0 spiro atoms. The predicted octanol–water partition coefficient (Wildman–Crippen LogP) is 1.30. The van der Waals surface area contributed by atoms with Crippen LogP contribution in [0.5, 0.6) is 0 Å². The first-order valence-electron chi connectivity index (χ1n) is 8.02. The molecule has 0 amide bonds. The number of carboxylic acids is 1. The van der Waals surface area contributed by atoms with Crippen LogP contribution in [-0.2, 0) is 33.5 Å². The smallest absolute Gasteiger partial charge is 0.322 e. The zero-order valence-electron chi connectivity index (χ0n) is 13.7. The first-order chi connectivity index (χ1) is 12.5. The molecule has 4 rings (SSSR count). The third-order valence-electron chi connectivity index (χ3n) is 4.58. The molecule has 1 unspecified atom stereocenters. The molecule has 1 aliphatic rings. The lowest BCUT2D eigenvalue weighted by Crippen LogP contribution is -2.48. The average Bonchev–Trinajstić information content (AvgIpc) is 3.08. The van der Waals surface area contributed by atoms with Crippen molar-refractivity contribution in [2.45, 2.75) is 24.8 Å². The Bertz CT molecular complexity index is 1090. The van der Waals surface area contributed by atoms with E-state index in [0.717, 1.165) is 15.3 Å². The summed E-state index contributed by atoms with van der Waals surface area (Å²) in [6.07, 6.45) is 3.24. The lowest BCUT2D eigenvalue weighted by Gasteiger charge is -2.31. The number of H-pyrrole nitrogens is 1. The molecule has 0 saturated heterocycles. The second-order valence-corrected chi connectivity index (χ2v) is 8.15. The van der Waals surface area contributed by atoms with E-state index in [1.807, 2.05) is 12.1 Å². The first kappa shape index (κ1) is 16.7. The number of carboxylic acid groups (broad SMARTS) is 1. The molecule has 3 heterocycles. The van der Waals surface area contributed by atoms with E-state index in [-0.39, 0.29) is 18.7 Å². The number of benzene rings is 1. The summed E-state index contributed by atoms with van der Waals surface area (Å²) in [6.45, 7) is -0.0349. The molecule has 1 aliphatic heterocycles. The number of para-hydroxylation sites is 1. The molecule has 2 N–H and O–H groups in total. The zero-order valence-corrected chi connectivity index (χ0v) is 14.5. The van der Waals surface area contributed by atoms with Gasteiger partial charge in [0, 0.05) is 18.0 Å². The standard InChI is InChI=1S/C17H16N4O4S/c22-17(23)15-7-13-8-19-20-14(13)9-21(15)26(24,25)10-12-4-1-3-11-5-2-6-18-16(11)12/h1-6,8,15H,7,9-10H2,(H,19,20)(H,22,23). The van der Waals surface area contributed by atoms with E-state index in [1.54, 1.807) is 30.6 Å². The summed E-state index contributed by atoms with van der Waals surface area (Å²) >= 11 is 0. The molecule has 0 saturated carbocycles. The van der Waals surface area contributed by atoms with Crippen LogP contribution in [-0.4, -0.2) is 45.0 Å². The average molecular weight is 372 g/mol. The fraction of sp³-hybridized carbons (Fsp3) is 0.235. The Morgan fingerprint density at radius 3 is 2.92 bits per heavy atom. The number of nitrogens with one attached hydrogen (secondary N) is 1. The molecule has 26 heavy (non-hydrogen) atoms. The first-order valence-corrected chi connectivity index (χ1v) is 9.63. The van der Waals surface area contributed by atoms with Crippen molar-refractivity contribution in [2.75, 3.05) is 0 Å². The highest BCUT2D eigenvalue weighted by Gasteiger charge is 2.39. The normalized spacial score (nSPS) is 17.9. The van der Waals surface area contributed by atoms with Gasteiger partial charge >= 0.3 is 5.97 Å². The minimum atomic E-state index is -3.88. The third-order valence-corrected chi connectivity index (χ3v) is 6.35. The van der Waals surface area contributed by atoms with Crippen LogP contribution in [0.3, 0.4) is 0 Å². The van der Waals surface area contributed by atoms with Gasteiger partial charge in [-0.1, -0.05) is 24.3 Å². The van der Waals surface area contributed by atoms with Crippen molar-refractivity contribution in [1.29, 1.82) is 0 Å². The minimum absolute atomic E-state index is 0.0349. The van der Waals surface area contributed by atoms with E-state index in [1.165, 1.54) is 0 Å². The number of aliphatic carboxylic acids is 1. The molecule has 8 nitrogen and oxygen atoms in total. The fourth-order valence-electron chi connectivity index (χ4n) is 3.29. The highest BCUT2D eigenvalue weighted by molar-refractivity contribution is 7.88. The van der Waals surface area contributed by atoms with Crippen LogP contribution < -0.4 is 0 Å². The third kappa shape index (κ3) is 2.85. The minimum Gasteiger partial charge on any atom is -0.480 e. The van der Waals surface area contributed by atoms with Gasteiger partial charge in [-0.05, 0) is 17.2 Å². The van der Waals surface area contributed by atoms with Gasteiger partial charge in [-0.15, -0.1) is 0 Å². The molecule has 9 heteroatoms. The van der Waals surface area contributed by atoms with Crippen LogP contribution in [0.4, 0.5) is 0 Å². The van der Waals surface area contributed by atoms with E-state index in [4.69, 9.17) is 0 Å². The maximum absolute atomic E-state index is 13.0. The van der Waals surface area contributed by atoms with Gasteiger partial charge in [0.15, 0.2) is 0 Å². The van der Waals surface area contributed by atoms with Gasteiger partial charge in [-0.25, -0.2) is 8.42 Å². The SMILES string of the molecule is O=C(O)C1Cc2cn[nH]c2CN1S(=O)(=O)Cc1cccc2cccnc12. The molecule has 0 bridgehead atoms. The number of fused-ring (bicyclic) bond motifs is 2. The van der Waals surface area contributed by atoms with Gasteiger partial charge in [0.1, 0.15) is 6.04 Å². The number of pyridine rings is 1. The fourth-order valence-corrected chi connectivity index (χ4v) is 4.96. The number of aromatic nitrogens is 3. The van der Waals surface area contributed by atoms with Gasteiger partial charge in [-0.2, -0.15) is 9.40 Å². The summed E-state index contributed by atoms with van der Waals surface area (Å²) < 4.78 is 27.1. The largest absolute Gasteiger partial charge is 0.480 e. The van der Waals surface area contributed by atoms with Crippen LogP contribution in [0.2, 0.25) is 0 Å². The summed E-state index contributed by atoms with van der Waals surface area (Å²) in [5.74, 6) is -1.48. The van der Waals surface area contributed by atoms with Gasteiger partial charge in [0.25, 0.3) is 0 Å². The Kier molecular flexibility index (Phi) is 3.97. The molecule has 1 aromatic carbocycles. The second-order valence-electron chi connectivity index (χ2n) is 6.23. The number of aromatic amines is 1. The van der Waals surface area contributed by atoms with Crippen molar-refractivity contribution in [3.05, 3.63) is 59.5 Å². The topological polar surface area (TPSA) is 116 Å². The Morgan fingerprint density at radius 2 is 2.12 bits per heavy atom. The quantitative estimate of drug-likeness (QED) is 0.713. The Labute approximate surface area is 149 Å². The van der Waals surface area contributed by atoms with Crippen LogP contribution in [0.1, 0.15) is 16.8 Å². The lowest BCUT2D eigenvalue weighted by atomic mass is 10.0. The van der Waals surface area contributed by atoms with Gasteiger partial charge < -0.3 is 5.11 Å². The highest BCUT2D eigenvalue weighted by atomic mass is 32.2. The summed E-state index contributed by atoms with van der Waals surface area (Å²) in [7, 11) is -3.88. The van der Waals surface area contributed by atoms with Crippen molar-refractivity contribution < 1.29 is 18.3 Å². The zero-order chi connectivity index (χ0) is 18.3. The van der Waals surface area contributed by atoms with Crippen LogP contribution in [0.25, 0.3) is 10.9 Å². The Balaban J connectivity index is 1.72. The number of rotatable bonds is 4. The predicted molar refractivity (Wildman–Crippen MR) is 93.6 cm³/mol. The van der Waals surface area contributed by atoms with E-state index >= 15 is 0 Å². The molecule has 3 aromatic rings. The molecular weight excluding hydrogens is 356 g/mol. The van der Waals surface area contributed by atoms with Gasteiger partial charge in [0.2, 0.25) is 10.0 Å². The van der Waals surface area contributed by atoms with Crippen LogP contribution in [0, 0.1) is 0 Å². The van der Waals surface area contributed by atoms with Gasteiger partial charge in [0.05, 0.1) is 29.7 Å². The number of nitrogens with zero attached hydrogens (tertiary/aromatic N) is 3. The van der Waals surface area contributed by atoms with Gasteiger partial charge in [-0.3, -0.25) is 14.9 Å². The molecule has 134 valence electrons. The second kappa shape index (κ2) is 6.19. The van der Waals surface area contributed by atoms with Crippen LogP contribution >= 0.6 is 0 Å². The Morgan fingerprint density at radius 1 is 1.31 bits per heavy atom. The lowest BCUT2D eigenvalue weighted by molar-refractivity contribution is -0.141. The summed E-state index contributed by atoms with van der Waals surface area (Å²) in [4.78, 5) is 15.9. The molecule has 2 aromatic heterocycles. The Hall–Kier alpha value is -2.78. The summed E-state index contributed by atoms with van der Waals surface area (Å²) in [5, 5.41) is 17.0. The summed E-state index contributed by atoms with van der Waals surface area (Å²) in [5.41, 5.74) is 2.50. The number of sulfonamides is 1. The number of hydrogen-bond donors (Lipinski definition) is 2. The maximum atomic E-state index is 13.0. The van der Waals surface area contributed by atoms with Crippen molar-refractivity contribution in [3.63, 3.8) is 0 Å². The molecule has 0 aliphatic carbocycles. The monoisotopic (exact) mass is 372 g/mol. The maximum Gasteiger partial charge on any atom is 0.322 e. The molecular formula is C17H16N4O4S. The van der Waals surface area contributed by atoms with Crippen LogP contribution in [0.15, 0.2) is 42.7 Å². The number of hydrogen-bond acceptors (Lipinski definition) is 5. The van der Waals surface area contributed by atoms with E-state index in [0.29, 0.717) is 16.8 Å².